The van der Waals surface area contributed by atoms with Crippen molar-refractivity contribution >= 4 is 23.8 Å². The zero-order valence-corrected chi connectivity index (χ0v) is 28.4. The van der Waals surface area contributed by atoms with Gasteiger partial charge in [-0.2, -0.15) is 0 Å². The van der Waals surface area contributed by atoms with Crippen LogP contribution in [0, 0.1) is 35.0 Å². The molecule has 9 rings (SSSR count). The summed E-state index contributed by atoms with van der Waals surface area (Å²) < 4.78 is 12.4. The second-order valence-corrected chi connectivity index (χ2v) is 15.2. The molecule has 258 valence electrons. The summed E-state index contributed by atoms with van der Waals surface area (Å²) in [5.74, 6) is 0.569. The third-order valence-electron chi connectivity index (χ3n) is 12.6. The first-order valence-electron chi connectivity index (χ1n) is 18.6. The lowest BCUT2D eigenvalue weighted by atomic mass is 9.43. The number of unbranched alkanes of at least 4 members (excludes halogenated alkanes) is 1. The van der Waals surface area contributed by atoms with Gasteiger partial charge in [-0.3, -0.25) is 14.5 Å². The summed E-state index contributed by atoms with van der Waals surface area (Å²) in [6.45, 7) is 2.72. The van der Waals surface area contributed by atoms with Crippen LogP contribution < -0.4 is 11.1 Å². The topological polar surface area (TPSA) is 128 Å². The molecule has 0 radical (unpaired) electrons. The van der Waals surface area contributed by atoms with Gasteiger partial charge in [-0.05, 0) is 92.1 Å². The van der Waals surface area contributed by atoms with E-state index in [4.69, 9.17) is 15.2 Å². The number of cyclic esters (lactones) is 2. The highest BCUT2D eigenvalue weighted by Gasteiger charge is 2.69. The van der Waals surface area contributed by atoms with Crippen LogP contribution in [0.4, 0.5) is 0 Å². The van der Waals surface area contributed by atoms with Crippen LogP contribution in [-0.4, -0.2) is 41.7 Å². The molecule has 2 amide bonds. The van der Waals surface area contributed by atoms with E-state index in [-0.39, 0.29) is 48.1 Å². The molecule has 9 nitrogen and oxygen atoms in total. The molecule has 9 heteroatoms. The number of fused-ring (bicyclic) bond motifs is 1. The Balaban J connectivity index is 1.29. The number of allylic oxidation sites excluding steroid dienone is 5. The average molecular weight is 666 g/mol. The van der Waals surface area contributed by atoms with Gasteiger partial charge in [-0.15, -0.1) is 0 Å². The molecule has 0 aromatic rings. The third kappa shape index (κ3) is 5.18. The zero-order valence-electron chi connectivity index (χ0n) is 28.4. The highest BCUT2D eigenvalue weighted by molar-refractivity contribution is 6.13. The maximum atomic E-state index is 14.5. The molecular formula is C40H47N3O6. The Morgan fingerprint density at radius 3 is 2.55 bits per heavy atom. The molecule has 1 saturated heterocycles. The molecule has 0 aromatic carbocycles. The van der Waals surface area contributed by atoms with Crippen molar-refractivity contribution in [1.29, 1.82) is 0 Å². The molecule has 3 N–H and O–H groups in total. The van der Waals surface area contributed by atoms with Crippen LogP contribution in [0.15, 0.2) is 81.7 Å². The van der Waals surface area contributed by atoms with Crippen LogP contribution >= 0.6 is 0 Å². The zero-order chi connectivity index (χ0) is 33.9. The molecule has 9 aliphatic rings. The summed E-state index contributed by atoms with van der Waals surface area (Å²) in [7, 11) is 0. The van der Waals surface area contributed by atoms with Crippen LogP contribution in [0.3, 0.4) is 0 Å². The van der Waals surface area contributed by atoms with Gasteiger partial charge >= 0.3 is 11.9 Å². The highest BCUT2D eigenvalue weighted by atomic mass is 16.5. The Kier molecular flexibility index (Phi) is 8.27. The lowest BCUT2D eigenvalue weighted by Gasteiger charge is -2.57. The summed E-state index contributed by atoms with van der Waals surface area (Å²) in [4.78, 5) is 55.6. The van der Waals surface area contributed by atoms with Gasteiger partial charge in [0.1, 0.15) is 11.5 Å². The van der Waals surface area contributed by atoms with E-state index >= 15 is 0 Å². The molecule has 5 unspecified atom stereocenters. The largest absolute Gasteiger partial charge is 0.427 e. The quantitative estimate of drug-likeness (QED) is 0.229. The van der Waals surface area contributed by atoms with Gasteiger partial charge in [-0.25, -0.2) is 9.59 Å². The van der Waals surface area contributed by atoms with E-state index in [1.165, 1.54) is 49.2 Å². The van der Waals surface area contributed by atoms with Gasteiger partial charge < -0.3 is 20.5 Å². The van der Waals surface area contributed by atoms with Crippen LogP contribution in [0.25, 0.3) is 0 Å². The number of carbonyl (C=O) groups excluding carboxylic acids is 4. The van der Waals surface area contributed by atoms with Crippen molar-refractivity contribution in [2.24, 2.45) is 40.7 Å². The van der Waals surface area contributed by atoms with Crippen LogP contribution in [0.5, 0.6) is 0 Å². The fourth-order valence-corrected chi connectivity index (χ4v) is 10.6. The van der Waals surface area contributed by atoms with Gasteiger partial charge in [0, 0.05) is 48.2 Å². The van der Waals surface area contributed by atoms with Crippen molar-refractivity contribution in [1.82, 2.24) is 10.2 Å². The Bertz CT molecular complexity index is 1700. The molecular weight excluding hydrogens is 618 g/mol. The van der Waals surface area contributed by atoms with Crippen molar-refractivity contribution in [3.63, 3.8) is 0 Å². The number of rotatable bonds is 9. The molecule has 0 aromatic heterocycles. The maximum absolute atomic E-state index is 14.5. The SMILES string of the molecule is CCCC=C1OC(=O)C2=C1CCC1C3CCC4(C(=CCCC5CCCCC5)OC(=O)C4=C3C(CN3C(=O)C=CC3=O)C3=CCNC(N)=C3)C21. The summed E-state index contributed by atoms with van der Waals surface area (Å²) in [6.07, 6.45) is 23.9. The first-order valence-corrected chi connectivity index (χ1v) is 18.6. The number of carbonyl (C=O) groups is 4. The second kappa shape index (κ2) is 12.6. The van der Waals surface area contributed by atoms with Gasteiger partial charge in [0.25, 0.3) is 11.8 Å². The number of amides is 2. The van der Waals surface area contributed by atoms with Crippen molar-refractivity contribution in [2.75, 3.05) is 13.1 Å². The molecule has 4 heterocycles. The average Bonchev–Trinajstić information content (AvgIpc) is 3.72. The highest BCUT2D eigenvalue weighted by Crippen LogP contribution is 2.71. The number of dihydropyridines is 1. The van der Waals surface area contributed by atoms with E-state index < -0.39 is 11.3 Å². The molecule has 1 spiro atoms. The van der Waals surface area contributed by atoms with E-state index in [2.05, 4.69) is 18.3 Å². The fraction of sp³-hybridized carbons (Fsp3) is 0.550. The van der Waals surface area contributed by atoms with Crippen molar-refractivity contribution < 1.29 is 28.7 Å². The predicted molar refractivity (Wildman–Crippen MR) is 182 cm³/mol. The Hall–Kier alpha value is -4.14. The van der Waals surface area contributed by atoms with E-state index in [1.54, 1.807) is 0 Å². The maximum Gasteiger partial charge on any atom is 0.340 e. The second-order valence-electron chi connectivity index (χ2n) is 15.2. The fourth-order valence-electron chi connectivity index (χ4n) is 10.6. The number of nitrogens with one attached hydrogen (secondary N) is 1. The Labute approximate surface area is 288 Å². The first-order chi connectivity index (χ1) is 23.8. The number of nitrogens with zero attached hydrogens (tertiary/aromatic N) is 1. The molecule has 2 saturated carbocycles. The molecule has 2 bridgehead atoms. The van der Waals surface area contributed by atoms with Gasteiger partial charge in [-0.1, -0.05) is 51.5 Å². The van der Waals surface area contributed by atoms with Crippen LogP contribution in [0.2, 0.25) is 0 Å². The molecule has 5 atom stereocenters. The van der Waals surface area contributed by atoms with E-state index in [0.29, 0.717) is 41.8 Å². The molecule has 3 fully saturated rings. The van der Waals surface area contributed by atoms with Gasteiger partial charge in [0.15, 0.2) is 0 Å². The standard InChI is InChI=1S/C40H47N3O6/c1-2-3-11-29-27-14-13-26-25-17-19-40(36(26)35(27)38(46)48-29)30(12-7-10-23-8-5-4-6-9-23)49-39(47)37(40)34(25)28(24-18-20-42-31(41)21-24)22-43-32(44)15-16-33(43)45/h11-12,15-16,18,21,23,25-26,28,36,42H,2-10,13-14,17,19-20,22,41H2,1H3. The minimum atomic E-state index is -0.809. The number of hydrogen-bond donors (Lipinski definition) is 2. The third-order valence-corrected chi connectivity index (χ3v) is 12.6. The number of ether oxygens (including phenoxy) is 2. The lowest BCUT2D eigenvalue weighted by Crippen LogP contribution is -2.54. The lowest BCUT2D eigenvalue weighted by molar-refractivity contribution is -0.138. The van der Waals surface area contributed by atoms with Crippen molar-refractivity contribution in [3.05, 3.63) is 81.7 Å². The monoisotopic (exact) mass is 665 g/mol. The first kappa shape index (κ1) is 32.1. The summed E-state index contributed by atoms with van der Waals surface area (Å²) >= 11 is 0. The number of hydrogen-bond acceptors (Lipinski definition) is 8. The number of esters is 2. The smallest absolute Gasteiger partial charge is 0.340 e. The summed E-state index contributed by atoms with van der Waals surface area (Å²) in [6, 6.07) is 0. The Morgan fingerprint density at radius 1 is 1.00 bits per heavy atom. The van der Waals surface area contributed by atoms with E-state index in [0.717, 1.165) is 67.2 Å². The molecule has 49 heavy (non-hydrogen) atoms. The Morgan fingerprint density at radius 2 is 1.80 bits per heavy atom. The van der Waals surface area contributed by atoms with Crippen LogP contribution in [0.1, 0.15) is 90.4 Å². The summed E-state index contributed by atoms with van der Waals surface area (Å²) in [5, 5.41) is 3.14. The predicted octanol–water partition coefficient (Wildman–Crippen LogP) is 5.93. The normalized spacial score (nSPS) is 33.1. The van der Waals surface area contributed by atoms with Crippen molar-refractivity contribution in [3.8, 4) is 0 Å². The molecule has 5 aliphatic carbocycles. The van der Waals surface area contributed by atoms with Gasteiger partial charge in [0.05, 0.1) is 16.8 Å². The minimum Gasteiger partial charge on any atom is -0.427 e. The summed E-state index contributed by atoms with van der Waals surface area (Å²) in [5.41, 5.74) is 9.68. The number of nitrogens with two attached hydrogens (primary N) is 1. The van der Waals surface area contributed by atoms with Crippen molar-refractivity contribution in [2.45, 2.75) is 90.4 Å². The molecule has 4 aliphatic heterocycles. The van der Waals surface area contributed by atoms with Gasteiger partial charge in [0.2, 0.25) is 0 Å². The number of imide groups is 1. The van der Waals surface area contributed by atoms with Crippen LogP contribution in [-0.2, 0) is 28.7 Å². The van der Waals surface area contributed by atoms with E-state index in [1.807, 2.05) is 18.2 Å². The minimum absolute atomic E-state index is 0.0299. The van der Waals surface area contributed by atoms with E-state index in [9.17, 15) is 19.2 Å².